The van der Waals surface area contributed by atoms with Crippen LogP contribution in [-0.2, 0) is 11.3 Å². The summed E-state index contributed by atoms with van der Waals surface area (Å²) in [7, 11) is 0. The molecule has 112 valence electrons. The van der Waals surface area contributed by atoms with Crippen LogP contribution in [0.15, 0.2) is 39.2 Å². The van der Waals surface area contributed by atoms with Gasteiger partial charge in [-0.25, -0.2) is 0 Å². The van der Waals surface area contributed by atoms with Crippen LogP contribution in [0.5, 0.6) is 0 Å². The van der Waals surface area contributed by atoms with E-state index in [0.717, 1.165) is 41.1 Å². The van der Waals surface area contributed by atoms with Gasteiger partial charge in [0.2, 0.25) is 0 Å². The van der Waals surface area contributed by atoms with Crippen molar-refractivity contribution in [1.82, 2.24) is 5.32 Å². The molecule has 0 unspecified atom stereocenters. The quantitative estimate of drug-likeness (QED) is 0.833. The summed E-state index contributed by atoms with van der Waals surface area (Å²) < 4.78 is 12.4. The van der Waals surface area contributed by atoms with Crippen molar-refractivity contribution in [2.75, 3.05) is 13.2 Å². The Morgan fingerprint density at radius 1 is 1.29 bits per heavy atom. The molecule has 1 atom stereocenters. The lowest BCUT2D eigenvalue weighted by atomic mass is 10.2. The molecular formula is C16H17BrClNO2. The highest BCUT2D eigenvalue weighted by atomic mass is 79.9. The monoisotopic (exact) mass is 369 g/mol. The summed E-state index contributed by atoms with van der Waals surface area (Å²) in [6.07, 6.45) is 2.66. The standard InChI is InChI=1S/C16H17BrClNO2/c17-11-3-5-14(15(18)8-11)16-6-4-13(21-16)10-19-9-12-2-1-7-20-12/h3-6,8,12,19H,1-2,7,9-10H2/t12-/m0/s1. The number of ether oxygens (including phenoxy) is 1. The van der Waals surface area contributed by atoms with E-state index in [2.05, 4.69) is 21.2 Å². The van der Waals surface area contributed by atoms with Gasteiger partial charge in [-0.05, 0) is 43.2 Å². The summed E-state index contributed by atoms with van der Waals surface area (Å²) in [5.41, 5.74) is 0.908. The molecule has 2 heterocycles. The van der Waals surface area contributed by atoms with Crippen LogP contribution in [0.4, 0.5) is 0 Å². The van der Waals surface area contributed by atoms with Crippen molar-refractivity contribution in [2.45, 2.75) is 25.5 Å². The smallest absolute Gasteiger partial charge is 0.135 e. The van der Waals surface area contributed by atoms with Crippen LogP contribution in [0.2, 0.25) is 5.02 Å². The molecule has 5 heteroatoms. The lowest BCUT2D eigenvalue weighted by molar-refractivity contribution is 0.109. The summed E-state index contributed by atoms with van der Waals surface area (Å²) in [6.45, 7) is 2.46. The highest BCUT2D eigenvalue weighted by Crippen LogP contribution is 2.31. The van der Waals surface area contributed by atoms with Crippen molar-refractivity contribution in [3.05, 3.63) is 45.6 Å². The second-order valence-corrected chi connectivity index (χ2v) is 6.48. The molecule has 0 spiro atoms. The van der Waals surface area contributed by atoms with Crippen LogP contribution in [0.1, 0.15) is 18.6 Å². The van der Waals surface area contributed by atoms with Gasteiger partial charge < -0.3 is 14.5 Å². The first-order chi connectivity index (χ1) is 10.2. The van der Waals surface area contributed by atoms with Gasteiger partial charge >= 0.3 is 0 Å². The van der Waals surface area contributed by atoms with Gasteiger partial charge in [-0.1, -0.05) is 27.5 Å². The minimum absolute atomic E-state index is 0.348. The van der Waals surface area contributed by atoms with Gasteiger partial charge in [0.15, 0.2) is 0 Å². The number of nitrogens with one attached hydrogen (secondary N) is 1. The number of furan rings is 1. The third-order valence-electron chi connectivity index (χ3n) is 3.55. The molecule has 1 N–H and O–H groups in total. The van der Waals surface area contributed by atoms with Gasteiger partial charge in [-0.2, -0.15) is 0 Å². The number of halogens is 2. The fraction of sp³-hybridized carbons (Fsp3) is 0.375. The number of hydrogen-bond donors (Lipinski definition) is 1. The van der Waals surface area contributed by atoms with E-state index in [1.54, 1.807) is 0 Å². The van der Waals surface area contributed by atoms with Gasteiger partial charge in [-0.3, -0.25) is 0 Å². The van der Waals surface area contributed by atoms with E-state index >= 15 is 0 Å². The summed E-state index contributed by atoms with van der Waals surface area (Å²) >= 11 is 9.65. The maximum Gasteiger partial charge on any atom is 0.135 e. The molecule has 0 bridgehead atoms. The van der Waals surface area contributed by atoms with Crippen molar-refractivity contribution in [3.8, 4) is 11.3 Å². The molecule has 2 aromatic rings. The second-order valence-electron chi connectivity index (χ2n) is 5.16. The zero-order chi connectivity index (χ0) is 14.7. The minimum atomic E-state index is 0.348. The molecule has 0 amide bonds. The van der Waals surface area contributed by atoms with E-state index < -0.39 is 0 Å². The largest absolute Gasteiger partial charge is 0.460 e. The van der Waals surface area contributed by atoms with Crippen molar-refractivity contribution in [3.63, 3.8) is 0 Å². The Labute approximate surface area is 137 Å². The summed E-state index contributed by atoms with van der Waals surface area (Å²) in [5.74, 6) is 1.70. The van der Waals surface area contributed by atoms with Gasteiger partial charge in [0.1, 0.15) is 11.5 Å². The van der Waals surface area contributed by atoms with Gasteiger partial charge in [0.25, 0.3) is 0 Å². The number of benzene rings is 1. The Balaban J connectivity index is 1.60. The highest BCUT2D eigenvalue weighted by molar-refractivity contribution is 9.10. The maximum atomic E-state index is 6.24. The molecular weight excluding hydrogens is 354 g/mol. The van der Waals surface area contributed by atoms with Crippen molar-refractivity contribution < 1.29 is 9.15 Å². The molecule has 3 rings (SSSR count). The highest BCUT2D eigenvalue weighted by Gasteiger charge is 2.15. The molecule has 1 aromatic heterocycles. The molecule has 1 aromatic carbocycles. The molecule has 1 aliphatic heterocycles. The molecule has 0 aliphatic carbocycles. The van der Waals surface area contributed by atoms with Gasteiger partial charge in [0.05, 0.1) is 17.7 Å². The lowest BCUT2D eigenvalue weighted by Gasteiger charge is -2.09. The van der Waals surface area contributed by atoms with Crippen LogP contribution < -0.4 is 5.32 Å². The van der Waals surface area contributed by atoms with Gasteiger partial charge in [0, 0.05) is 23.2 Å². The van der Waals surface area contributed by atoms with Gasteiger partial charge in [-0.15, -0.1) is 0 Å². The van der Waals surface area contributed by atoms with Crippen molar-refractivity contribution >= 4 is 27.5 Å². The maximum absolute atomic E-state index is 6.24. The molecule has 3 nitrogen and oxygen atoms in total. The summed E-state index contributed by atoms with van der Waals surface area (Å²) in [6, 6.07) is 9.72. The molecule has 21 heavy (non-hydrogen) atoms. The predicted molar refractivity (Wildman–Crippen MR) is 87.5 cm³/mol. The number of hydrogen-bond acceptors (Lipinski definition) is 3. The fourth-order valence-corrected chi connectivity index (χ4v) is 3.24. The third-order valence-corrected chi connectivity index (χ3v) is 4.36. The third kappa shape index (κ3) is 3.89. The summed E-state index contributed by atoms with van der Waals surface area (Å²) in [4.78, 5) is 0. The minimum Gasteiger partial charge on any atom is -0.460 e. The molecule has 0 radical (unpaired) electrons. The Hall–Kier alpha value is -0.810. The van der Waals surface area contributed by atoms with Crippen molar-refractivity contribution in [1.29, 1.82) is 0 Å². The average molecular weight is 371 g/mol. The Morgan fingerprint density at radius 3 is 2.95 bits per heavy atom. The van der Waals surface area contributed by atoms with Crippen LogP contribution in [0, 0.1) is 0 Å². The van der Waals surface area contributed by atoms with E-state index in [0.29, 0.717) is 17.7 Å². The van der Waals surface area contributed by atoms with Crippen molar-refractivity contribution in [2.24, 2.45) is 0 Å². The fourth-order valence-electron chi connectivity index (χ4n) is 2.47. The Kier molecular flexibility index (Phi) is 5.01. The van der Waals surface area contributed by atoms with E-state index in [9.17, 15) is 0 Å². The average Bonchev–Trinajstić information content (AvgIpc) is 3.10. The Bertz CT molecular complexity index is 608. The first kappa shape index (κ1) is 15.1. The van der Waals surface area contributed by atoms with Crippen LogP contribution in [-0.4, -0.2) is 19.3 Å². The summed E-state index contributed by atoms with van der Waals surface area (Å²) in [5, 5.41) is 4.05. The van der Waals surface area contributed by atoms with Crippen LogP contribution in [0.3, 0.4) is 0 Å². The SMILES string of the molecule is Clc1cc(Br)ccc1-c1ccc(CNC[C@@H]2CCCO2)o1. The van der Waals surface area contributed by atoms with E-state index in [-0.39, 0.29) is 0 Å². The van der Waals surface area contributed by atoms with Crippen LogP contribution in [0.25, 0.3) is 11.3 Å². The zero-order valence-corrected chi connectivity index (χ0v) is 13.9. The van der Waals surface area contributed by atoms with E-state index in [4.69, 9.17) is 20.8 Å². The van der Waals surface area contributed by atoms with E-state index in [1.807, 2.05) is 30.3 Å². The zero-order valence-electron chi connectivity index (χ0n) is 11.6. The first-order valence-electron chi connectivity index (χ1n) is 7.09. The topological polar surface area (TPSA) is 34.4 Å². The molecule has 0 saturated carbocycles. The Morgan fingerprint density at radius 2 is 2.19 bits per heavy atom. The lowest BCUT2D eigenvalue weighted by Crippen LogP contribution is -2.25. The molecule has 1 fully saturated rings. The normalized spacial score (nSPS) is 18.3. The second kappa shape index (κ2) is 6.97. The van der Waals surface area contributed by atoms with Crippen LogP contribution >= 0.6 is 27.5 Å². The molecule has 1 saturated heterocycles. The predicted octanol–water partition coefficient (Wildman–Crippen LogP) is 4.63. The number of rotatable bonds is 5. The van der Waals surface area contributed by atoms with E-state index in [1.165, 1.54) is 6.42 Å². The first-order valence-corrected chi connectivity index (χ1v) is 8.26. The molecule has 1 aliphatic rings.